The van der Waals surface area contributed by atoms with Crippen molar-refractivity contribution in [2.24, 2.45) is 11.7 Å². The Balaban J connectivity index is 1.79. The van der Waals surface area contributed by atoms with Gasteiger partial charge in [-0.2, -0.15) is 0 Å². The summed E-state index contributed by atoms with van der Waals surface area (Å²) < 4.78 is 0. The smallest absolute Gasteiger partial charge is 0.0351 e. The first kappa shape index (κ1) is 12.2. The molecule has 2 heteroatoms. The third kappa shape index (κ3) is 2.60. The van der Waals surface area contributed by atoms with Crippen LogP contribution in [0.3, 0.4) is 0 Å². The number of fused-ring (bicyclic) bond motifs is 1. The van der Waals surface area contributed by atoms with Crippen molar-refractivity contribution >= 4 is 0 Å². The van der Waals surface area contributed by atoms with E-state index in [0.717, 1.165) is 18.9 Å². The van der Waals surface area contributed by atoms with Crippen LogP contribution in [0.15, 0.2) is 24.3 Å². The molecule has 18 heavy (non-hydrogen) atoms. The Morgan fingerprint density at radius 3 is 2.83 bits per heavy atom. The van der Waals surface area contributed by atoms with E-state index in [0.29, 0.717) is 6.04 Å². The van der Waals surface area contributed by atoms with Gasteiger partial charge in [0.05, 0.1) is 0 Å². The predicted octanol–water partition coefficient (Wildman–Crippen LogP) is 2.73. The summed E-state index contributed by atoms with van der Waals surface area (Å²) in [6, 6.07) is 9.62. The first-order valence-electron chi connectivity index (χ1n) is 7.40. The first-order valence-corrected chi connectivity index (χ1v) is 7.40. The van der Waals surface area contributed by atoms with Crippen LogP contribution in [0, 0.1) is 5.92 Å². The van der Waals surface area contributed by atoms with Gasteiger partial charge < -0.3 is 5.73 Å². The van der Waals surface area contributed by atoms with Gasteiger partial charge in [-0.25, -0.2) is 0 Å². The molecule has 1 aromatic rings. The maximum Gasteiger partial charge on any atom is 0.0351 e. The SMILES string of the molecule is NCCCC1c2ccccc2CCN1CC1CC1. The van der Waals surface area contributed by atoms with Gasteiger partial charge in [-0.3, -0.25) is 4.90 Å². The van der Waals surface area contributed by atoms with E-state index in [1.165, 1.54) is 38.8 Å². The van der Waals surface area contributed by atoms with Crippen molar-refractivity contribution in [1.29, 1.82) is 0 Å². The minimum atomic E-state index is 0.624. The highest BCUT2D eigenvalue weighted by Crippen LogP contribution is 2.37. The number of hydrogen-bond donors (Lipinski definition) is 1. The number of nitrogens with two attached hydrogens (primary N) is 1. The molecule has 1 aliphatic carbocycles. The lowest BCUT2D eigenvalue weighted by atomic mass is 9.89. The minimum absolute atomic E-state index is 0.624. The third-order valence-corrected chi connectivity index (χ3v) is 4.39. The molecule has 0 aromatic heterocycles. The van der Waals surface area contributed by atoms with Crippen LogP contribution in [0.4, 0.5) is 0 Å². The molecule has 0 saturated heterocycles. The highest BCUT2D eigenvalue weighted by Gasteiger charge is 2.31. The number of benzene rings is 1. The van der Waals surface area contributed by atoms with Crippen molar-refractivity contribution in [2.45, 2.75) is 38.1 Å². The second-order valence-corrected chi connectivity index (χ2v) is 5.83. The highest BCUT2D eigenvalue weighted by atomic mass is 15.2. The average Bonchev–Trinajstić information content (AvgIpc) is 3.21. The van der Waals surface area contributed by atoms with Crippen molar-refractivity contribution in [1.82, 2.24) is 4.90 Å². The Morgan fingerprint density at radius 2 is 2.06 bits per heavy atom. The van der Waals surface area contributed by atoms with Gasteiger partial charge in [-0.15, -0.1) is 0 Å². The van der Waals surface area contributed by atoms with E-state index >= 15 is 0 Å². The first-order chi connectivity index (χ1) is 8.88. The lowest BCUT2D eigenvalue weighted by Gasteiger charge is -2.37. The van der Waals surface area contributed by atoms with Crippen molar-refractivity contribution in [3.8, 4) is 0 Å². The Morgan fingerprint density at radius 1 is 1.22 bits per heavy atom. The van der Waals surface area contributed by atoms with Crippen LogP contribution in [-0.2, 0) is 6.42 Å². The zero-order valence-electron chi connectivity index (χ0n) is 11.1. The van der Waals surface area contributed by atoms with Crippen molar-refractivity contribution in [3.05, 3.63) is 35.4 Å². The van der Waals surface area contributed by atoms with Crippen LogP contribution in [0.25, 0.3) is 0 Å². The van der Waals surface area contributed by atoms with Gasteiger partial charge in [0.15, 0.2) is 0 Å². The van der Waals surface area contributed by atoms with Crippen molar-refractivity contribution in [2.75, 3.05) is 19.6 Å². The molecule has 1 aromatic carbocycles. The van der Waals surface area contributed by atoms with E-state index in [1.807, 2.05) is 0 Å². The molecule has 0 spiro atoms. The van der Waals surface area contributed by atoms with Gasteiger partial charge in [0.1, 0.15) is 0 Å². The number of hydrogen-bond acceptors (Lipinski definition) is 2. The zero-order chi connectivity index (χ0) is 12.4. The van der Waals surface area contributed by atoms with E-state index in [2.05, 4.69) is 29.2 Å². The second-order valence-electron chi connectivity index (χ2n) is 5.83. The lowest BCUT2D eigenvalue weighted by Crippen LogP contribution is -2.37. The maximum absolute atomic E-state index is 5.71. The summed E-state index contributed by atoms with van der Waals surface area (Å²) in [6.45, 7) is 3.36. The molecule has 1 atom stereocenters. The molecule has 0 radical (unpaired) electrons. The summed E-state index contributed by atoms with van der Waals surface area (Å²) >= 11 is 0. The van der Waals surface area contributed by atoms with Crippen molar-refractivity contribution < 1.29 is 0 Å². The van der Waals surface area contributed by atoms with E-state index in [-0.39, 0.29) is 0 Å². The van der Waals surface area contributed by atoms with Crippen LogP contribution >= 0.6 is 0 Å². The molecule has 1 fully saturated rings. The molecule has 2 N–H and O–H groups in total. The Labute approximate surface area is 110 Å². The average molecular weight is 244 g/mol. The Bertz CT molecular complexity index is 398. The van der Waals surface area contributed by atoms with Crippen LogP contribution in [0.5, 0.6) is 0 Å². The molecular weight excluding hydrogens is 220 g/mol. The molecular formula is C16H24N2. The fourth-order valence-electron chi connectivity index (χ4n) is 3.20. The summed E-state index contributed by atoms with van der Waals surface area (Å²) in [5.74, 6) is 0.982. The second kappa shape index (κ2) is 5.41. The fraction of sp³-hybridized carbons (Fsp3) is 0.625. The van der Waals surface area contributed by atoms with Crippen LogP contribution in [0.2, 0.25) is 0 Å². The molecule has 2 nitrogen and oxygen atoms in total. The summed E-state index contributed by atoms with van der Waals surface area (Å²) in [6.07, 6.45) is 6.48. The van der Waals surface area contributed by atoms with E-state index in [1.54, 1.807) is 11.1 Å². The van der Waals surface area contributed by atoms with Crippen LogP contribution in [0.1, 0.15) is 42.9 Å². The Kier molecular flexibility index (Phi) is 3.67. The van der Waals surface area contributed by atoms with Gasteiger partial charge in [0.25, 0.3) is 0 Å². The van der Waals surface area contributed by atoms with Gasteiger partial charge in [-0.05, 0) is 55.7 Å². The van der Waals surface area contributed by atoms with E-state index in [9.17, 15) is 0 Å². The summed E-state index contributed by atoms with van der Waals surface area (Å²) in [7, 11) is 0. The normalized spacial score (nSPS) is 23.9. The largest absolute Gasteiger partial charge is 0.330 e. The van der Waals surface area contributed by atoms with E-state index in [4.69, 9.17) is 5.73 Å². The summed E-state index contributed by atoms with van der Waals surface area (Å²) in [5.41, 5.74) is 8.84. The van der Waals surface area contributed by atoms with Gasteiger partial charge in [-0.1, -0.05) is 24.3 Å². The topological polar surface area (TPSA) is 29.3 Å². The molecule has 1 heterocycles. The fourth-order valence-corrected chi connectivity index (χ4v) is 3.20. The van der Waals surface area contributed by atoms with Gasteiger partial charge in [0, 0.05) is 19.1 Å². The van der Waals surface area contributed by atoms with Crippen LogP contribution in [-0.4, -0.2) is 24.5 Å². The molecule has 0 bridgehead atoms. The maximum atomic E-state index is 5.71. The molecule has 3 rings (SSSR count). The minimum Gasteiger partial charge on any atom is -0.330 e. The number of rotatable bonds is 5. The number of nitrogens with zero attached hydrogens (tertiary/aromatic N) is 1. The molecule has 1 unspecified atom stereocenters. The monoisotopic (exact) mass is 244 g/mol. The zero-order valence-corrected chi connectivity index (χ0v) is 11.1. The van der Waals surface area contributed by atoms with E-state index < -0.39 is 0 Å². The molecule has 1 aliphatic heterocycles. The van der Waals surface area contributed by atoms with Crippen LogP contribution < -0.4 is 5.73 Å². The molecule has 2 aliphatic rings. The standard InChI is InChI=1S/C16H24N2/c17-10-3-6-16-15-5-2-1-4-14(15)9-11-18(16)12-13-7-8-13/h1-2,4-5,13,16H,3,6-12,17H2. The highest BCUT2D eigenvalue weighted by molar-refractivity contribution is 5.32. The molecule has 0 amide bonds. The molecule has 1 saturated carbocycles. The van der Waals surface area contributed by atoms with Gasteiger partial charge in [0.2, 0.25) is 0 Å². The summed E-state index contributed by atoms with van der Waals surface area (Å²) in [5, 5.41) is 0. The van der Waals surface area contributed by atoms with Gasteiger partial charge >= 0.3 is 0 Å². The lowest BCUT2D eigenvalue weighted by molar-refractivity contribution is 0.166. The third-order valence-electron chi connectivity index (χ3n) is 4.39. The summed E-state index contributed by atoms with van der Waals surface area (Å²) in [4.78, 5) is 2.72. The Hall–Kier alpha value is -0.860. The molecule has 98 valence electrons. The quantitative estimate of drug-likeness (QED) is 0.863. The van der Waals surface area contributed by atoms with Crippen molar-refractivity contribution in [3.63, 3.8) is 0 Å². The predicted molar refractivity (Wildman–Crippen MR) is 75.5 cm³/mol.